The normalized spacial score (nSPS) is 10.8. The van der Waals surface area contributed by atoms with Crippen LogP contribution in [0.4, 0.5) is 5.82 Å². The molecule has 2 aromatic rings. The number of aromatic nitrogens is 2. The Morgan fingerprint density at radius 1 is 1.20 bits per heavy atom. The molecule has 0 saturated carbocycles. The van der Waals surface area contributed by atoms with Crippen LogP contribution in [0.15, 0.2) is 23.0 Å². The maximum Gasteiger partial charge on any atom is 0.156 e. The fourth-order valence-corrected chi connectivity index (χ4v) is 2.49. The molecule has 2 heterocycles. The molecule has 0 spiro atoms. The van der Waals surface area contributed by atoms with E-state index in [2.05, 4.69) is 28.9 Å². The average Bonchev–Trinajstić information content (AvgIpc) is 2.98. The van der Waals surface area contributed by atoms with Crippen LogP contribution in [0.1, 0.15) is 36.2 Å². The van der Waals surface area contributed by atoms with Gasteiger partial charge in [0.2, 0.25) is 0 Å². The van der Waals surface area contributed by atoms with E-state index in [9.17, 15) is 0 Å². The number of nitrogens with zero attached hydrogens (tertiary/aromatic N) is 3. The summed E-state index contributed by atoms with van der Waals surface area (Å²) in [5.41, 5.74) is 10.4. The Morgan fingerprint density at radius 2 is 2.00 bits per heavy atom. The number of hydrogen-bond donors (Lipinski definition) is 1. The van der Waals surface area contributed by atoms with E-state index in [-0.39, 0.29) is 0 Å². The lowest BCUT2D eigenvalue weighted by Gasteiger charge is -2.22. The molecule has 0 atom stereocenters. The summed E-state index contributed by atoms with van der Waals surface area (Å²) >= 11 is 0. The molecular formula is C15H22N4O. The second-order valence-corrected chi connectivity index (χ2v) is 4.83. The van der Waals surface area contributed by atoms with Gasteiger partial charge in [-0.3, -0.25) is 0 Å². The summed E-state index contributed by atoms with van der Waals surface area (Å²) in [6.45, 7) is 5.44. The first-order valence-corrected chi connectivity index (χ1v) is 7.00. The Morgan fingerprint density at radius 3 is 2.55 bits per heavy atom. The molecule has 2 aromatic heterocycles. The topological polar surface area (TPSA) is 68.2 Å². The molecule has 0 amide bonds. The lowest BCUT2D eigenvalue weighted by Crippen LogP contribution is -2.22. The molecule has 0 unspecified atom stereocenters. The van der Waals surface area contributed by atoms with Gasteiger partial charge >= 0.3 is 0 Å². The highest BCUT2D eigenvalue weighted by Crippen LogP contribution is 2.24. The van der Waals surface area contributed by atoms with Crippen molar-refractivity contribution in [3.8, 4) is 0 Å². The Kier molecular flexibility index (Phi) is 4.74. The highest BCUT2D eigenvalue weighted by atomic mass is 16.3. The Hall–Kier alpha value is -1.88. The van der Waals surface area contributed by atoms with Crippen molar-refractivity contribution in [3.05, 3.63) is 41.0 Å². The van der Waals surface area contributed by atoms with Gasteiger partial charge in [-0.15, -0.1) is 5.10 Å². The summed E-state index contributed by atoms with van der Waals surface area (Å²) in [5, 5.41) is 8.73. The van der Waals surface area contributed by atoms with Crippen LogP contribution in [-0.2, 0) is 25.9 Å². The zero-order chi connectivity index (χ0) is 14.5. The van der Waals surface area contributed by atoms with Crippen LogP contribution in [0.2, 0.25) is 0 Å². The zero-order valence-electron chi connectivity index (χ0n) is 12.4. The molecule has 0 saturated heterocycles. The molecule has 0 bridgehead atoms. The molecule has 0 aliphatic heterocycles. The summed E-state index contributed by atoms with van der Waals surface area (Å²) in [4.78, 5) is 2.07. The second kappa shape index (κ2) is 6.52. The highest BCUT2D eigenvalue weighted by molar-refractivity contribution is 5.51. The monoisotopic (exact) mass is 274 g/mol. The lowest BCUT2D eigenvalue weighted by atomic mass is 10.0. The smallest absolute Gasteiger partial charge is 0.156 e. The average molecular weight is 274 g/mol. The minimum atomic E-state index is 0.483. The molecule has 0 aliphatic carbocycles. The van der Waals surface area contributed by atoms with Gasteiger partial charge in [0.05, 0.1) is 18.2 Å². The SMILES string of the molecule is CCc1nnc(N(C)Cc2ccoc2)c(CN)c1CC. The summed E-state index contributed by atoms with van der Waals surface area (Å²) in [6.07, 6.45) is 5.23. The zero-order valence-corrected chi connectivity index (χ0v) is 12.4. The van der Waals surface area contributed by atoms with Gasteiger partial charge in [-0.25, -0.2) is 0 Å². The van der Waals surface area contributed by atoms with Crippen molar-refractivity contribution < 1.29 is 4.42 Å². The molecule has 2 rings (SSSR count). The first kappa shape index (κ1) is 14.5. The quantitative estimate of drug-likeness (QED) is 0.875. The van der Waals surface area contributed by atoms with E-state index < -0.39 is 0 Å². The van der Waals surface area contributed by atoms with E-state index in [1.807, 2.05) is 13.1 Å². The van der Waals surface area contributed by atoms with Gasteiger partial charge in [-0.1, -0.05) is 13.8 Å². The third-order valence-corrected chi connectivity index (χ3v) is 3.50. The van der Waals surface area contributed by atoms with Crippen LogP contribution < -0.4 is 10.6 Å². The summed E-state index contributed by atoms with van der Waals surface area (Å²) in [6, 6.07) is 1.95. The van der Waals surface area contributed by atoms with Crippen molar-refractivity contribution in [1.29, 1.82) is 0 Å². The van der Waals surface area contributed by atoms with Gasteiger partial charge in [0, 0.05) is 31.3 Å². The largest absolute Gasteiger partial charge is 0.472 e. The van der Waals surface area contributed by atoms with Gasteiger partial charge in [0.15, 0.2) is 5.82 Å². The minimum Gasteiger partial charge on any atom is -0.472 e. The first-order valence-electron chi connectivity index (χ1n) is 7.00. The highest BCUT2D eigenvalue weighted by Gasteiger charge is 2.16. The van der Waals surface area contributed by atoms with Crippen molar-refractivity contribution in [2.24, 2.45) is 5.73 Å². The molecular weight excluding hydrogens is 252 g/mol. The fraction of sp³-hybridized carbons (Fsp3) is 0.467. The van der Waals surface area contributed by atoms with Crippen LogP contribution in [0.5, 0.6) is 0 Å². The Bertz CT molecular complexity index is 551. The third-order valence-electron chi connectivity index (χ3n) is 3.50. The Labute approximate surface area is 119 Å². The number of anilines is 1. The van der Waals surface area contributed by atoms with Crippen LogP contribution in [-0.4, -0.2) is 17.2 Å². The Balaban J connectivity index is 2.35. The van der Waals surface area contributed by atoms with E-state index in [0.717, 1.165) is 42.0 Å². The van der Waals surface area contributed by atoms with Gasteiger partial charge in [0.25, 0.3) is 0 Å². The van der Waals surface area contributed by atoms with Crippen molar-refractivity contribution in [3.63, 3.8) is 0 Å². The number of hydrogen-bond acceptors (Lipinski definition) is 5. The van der Waals surface area contributed by atoms with Gasteiger partial charge < -0.3 is 15.1 Å². The molecule has 0 aromatic carbocycles. The molecule has 0 radical (unpaired) electrons. The van der Waals surface area contributed by atoms with E-state index >= 15 is 0 Å². The minimum absolute atomic E-state index is 0.483. The van der Waals surface area contributed by atoms with E-state index in [1.165, 1.54) is 5.56 Å². The summed E-state index contributed by atoms with van der Waals surface area (Å²) in [7, 11) is 2.00. The molecule has 108 valence electrons. The fourth-order valence-electron chi connectivity index (χ4n) is 2.49. The van der Waals surface area contributed by atoms with E-state index in [0.29, 0.717) is 6.54 Å². The first-order chi connectivity index (χ1) is 9.71. The molecule has 5 heteroatoms. The van der Waals surface area contributed by atoms with Gasteiger partial charge in [-0.2, -0.15) is 5.10 Å². The van der Waals surface area contributed by atoms with Gasteiger partial charge in [-0.05, 0) is 24.5 Å². The standard InChI is InChI=1S/C15H22N4O/c1-4-12-13(8-16)15(18-17-14(12)5-2)19(3)9-11-6-7-20-10-11/h6-7,10H,4-5,8-9,16H2,1-3H3. The molecule has 20 heavy (non-hydrogen) atoms. The van der Waals surface area contributed by atoms with Crippen LogP contribution in [0.3, 0.4) is 0 Å². The van der Waals surface area contributed by atoms with Crippen molar-refractivity contribution in [2.75, 3.05) is 11.9 Å². The lowest BCUT2D eigenvalue weighted by molar-refractivity contribution is 0.563. The molecule has 2 N–H and O–H groups in total. The van der Waals surface area contributed by atoms with Crippen LogP contribution >= 0.6 is 0 Å². The van der Waals surface area contributed by atoms with Crippen LogP contribution in [0, 0.1) is 0 Å². The predicted octanol–water partition coefficient (Wildman–Crippen LogP) is 2.29. The van der Waals surface area contributed by atoms with Crippen molar-refractivity contribution in [1.82, 2.24) is 10.2 Å². The number of nitrogens with two attached hydrogens (primary N) is 1. The maximum atomic E-state index is 5.95. The third kappa shape index (κ3) is 2.82. The maximum absolute atomic E-state index is 5.95. The van der Waals surface area contributed by atoms with E-state index in [1.54, 1.807) is 12.5 Å². The second-order valence-electron chi connectivity index (χ2n) is 4.83. The van der Waals surface area contributed by atoms with Crippen LogP contribution in [0.25, 0.3) is 0 Å². The van der Waals surface area contributed by atoms with Crippen molar-refractivity contribution in [2.45, 2.75) is 39.8 Å². The summed E-state index contributed by atoms with van der Waals surface area (Å²) in [5.74, 6) is 0.864. The summed E-state index contributed by atoms with van der Waals surface area (Å²) < 4.78 is 5.10. The number of furan rings is 1. The number of aryl methyl sites for hydroxylation is 1. The molecule has 0 fully saturated rings. The predicted molar refractivity (Wildman–Crippen MR) is 79.5 cm³/mol. The molecule has 0 aliphatic rings. The molecule has 5 nitrogen and oxygen atoms in total. The van der Waals surface area contributed by atoms with Gasteiger partial charge in [0.1, 0.15) is 0 Å². The van der Waals surface area contributed by atoms with Crippen molar-refractivity contribution >= 4 is 5.82 Å². The number of rotatable bonds is 6. The van der Waals surface area contributed by atoms with E-state index in [4.69, 9.17) is 10.2 Å².